The highest BCUT2D eigenvalue weighted by molar-refractivity contribution is 6.01. The first kappa shape index (κ1) is 19.3. The summed E-state index contributed by atoms with van der Waals surface area (Å²) in [7, 11) is 3.00. The molecule has 26 heavy (non-hydrogen) atoms. The van der Waals surface area contributed by atoms with Crippen LogP contribution in [0.2, 0.25) is 0 Å². The number of rotatable bonds is 6. The van der Waals surface area contributed by atoms with Crippen molar-refractivity contribution in [1.29, 1.82) is 0 Å². The van der Waals surface area contributed by atoms with Crippen molar-refractivity contribution in [1.82, 2.24) is 5.32 Å². The predicted octanol–water partition coefficient (Wildman–Crippen LogP) is 3.00. The van der Waals surface area contributed by atoms with Gasteiger partial charge in [0.15, 0.2) is 0 Å². The van der Waals surface area contributed by atoms with E-state index in [0.717, 1.165) is 22.4 Å². The van der Waals surface area contributed by atoms with Crippen LogP contribution in [0.3, 0.4) is 0 Å². The molecule has 0 aliphatic carbocycles. The van der Waals surface area contributed by atoms with Crippen LogP contribution in [-0.2, 0) is 4.79 Å². The van der Waals surface area contributed by atoms with E-state index in [4.69, 9.17) is 9.47 Å². The van der Waals surface area contributed by atoms with Gasteiger partial charge in [-0.05, 0) is 50.1 Å². The fourth-order valence-electron chi connectivity index (χ4n) is 2.81. The highest BCUT2D eigenvalue weighted by atomic mass is 16.5. The summed E-state index contributed by atoms with van der Waals surface area (Å²) in [5.41, 5.74) is 4.18. The Bertz CT molecular complexity index is 808. The molecule has 2 aromatic carbocycles. The molecule has 2 N–H and O–H groups in total. The number of carbonyl (C=O) groups is 2. The van der Waals surface area contributed by atoms with Crippen molar-refractivity contribution in [2.45, 2.75) is 20.8 Å². The summed E-state index contributed by atoms with van der Waals surface area (Å²) in [5, 5.41) is 5.46. The third kappa shape index (κ3) is 4.53. The van der Waals surface area contributed by atoms with E-state index < -0.39 is 5.91 Å². The van der Waals surface area contributed by atoms with Gasteiger partial charge in [-0.25, -0.2) is 0 Å². The third-order valence-corrected chi connectivity index (χ3v) is 4.00. The summed E-state index contributed by atoms with van der Waals surface area (Å²) in [6, 6.07) is 8.92. The van der Waals surface area contributed by atoms with Crippen molar-refractivity contribution in [2.75, 3.05) is 26.1 Å². The third-order valence-electron chi connectivity index (χ3n) is 4.00. The number of methoxy groups -OCH3 is 2. The number of carbonyl (C=O) groups excluding carboxylic acids is 2. The molecule has 0 atom stereocenters. The molecule has 0 heterocycles. The zero-order valence-corrected chi connectivity index (χ0v) is 15.7. The number of hydrogen-bond donors (Lipinski definition) is 2. The van der Waals surface area contributed by atoms with Crippen LogP contribution >= 0.6 is 0 Å². The van der Waals surface area contributed by atoms with E-state index in [1.165, 1.54) is 14.2 Å². The van der Waals surface area contributed by atoms with Crippen LogP contribution < -0.4 is 20.1 Å². The molecule has 0 aliphatic heterocycles. The minimum absolute atomic E-state index is 0.147. The molecule has 6 nitrogen and oxygen atoms in total. The molecule has 0 fully saturated rings. The lowest BCUT2D eigenvalue weighted by Gasteiger charge is -2.14. The zero-order chi connectivity index (χ0) is 19.3. The topological polar surface area (TPSA) is 76.7 Å². The fourth-order valence-corrected chi connectivity index (χ4v) is 2.81. The van der Waals surface area contributed by atoms with E-state index in [0.29, 0.717) is 17.1 Å². The molecule has 0 aliphatic rings. The Kier molecular flexibility index (Phi) is 6.22. The van der Waals surface area contributed by atoms with Crippen LogP contribution in [0.1, 0.15) is 27.0 Å². The molecular formula is C20H24N2O4. The second-order valence-electron chi connectivity index (χ2n) is 6.07. The number of amides is 2. The van der Waals surface area contributed by atoms with Crippen LogP contribution in [0.25, 0.3) is 0 Å². The van der Waals surface area contributed by atoms with Crippen molar-refractivity contribution in [3.63, 3.8) is 0 Å². The van der Waals surface area contributed by atoms with E-state index in [2.05, 4.69) is 10.6 Å². The summed E-state index contributed by atoms with van der Waals surface area (Å²) in [5.74, 6) is 0.240. The van der Waals surface area contributed by atoms with Gasteiger partial charge in [0.2, 0.25) is 5.91 Å². The molecule has 0 radical (unpaired) electrons. The van der Waals surface area contributed by atoms with Gasteiger partial charge in [-0.1, -0.05) is 17.7 Å². The van der Waals surface area contributed by atoms with Crippen molar-refractivity contribution in [3.8, 4) is 11.5 Å². The van der Waals surface area contributed by atoms with Crippen LogP contribution in [0.15, 0.2) is 30.3 Å². The molecule has 138 valence electrons. The van der Waals surface area contributed by atoms with Crippen molar-refractivity contribution in [3.05, 3.63) is 52.6 Å². The van der Waals surface area contributed by atoms with Gasteiger partial charge in [0, 0.05) is 5.69 Å². The van der Waals surface area contributed by atoms with Crippen LogP contribution in [0.5, 0.6) is 11.5 Å². The lowest BCUT2D eigenvalue weighted by atomic mass is 10.1. The molecule has 0 saturated carbocycles. The van der Waals surface area contributed by atoms with Crippen LogP contribution in [0.4, 0.5) is 5.69 Å². The van der Waals surface area contributed by atoms with E-state index in [9.17, 15) is 9.59 Å². The summed E-state index contributed by atoms with van der Waals surface area (Å²) in [6.07, 6.45) is 0. The summed E-state index contributed by atoms with van der Waals surface area (Å²) in [6.45, 7) is 5.74. The van der Waals surface area contributed by atoms with E-state index in [-0.39, 0.29) is 12.5 Å². The number of hydrogen-bond acceptors (Lipinski definition) is 4. The van der Waals surface area contributed by atoms with Gasteiger partial charge in [0.1, 0.15) is 11.5 Å². The second-order valence-corrected chi connectivity index (χ2v) is 6.07. The Morgan fingerprint density at radius 2 is 1.62 bits per heavy atom. The second kappa shape index (κ2) is 8.38. The Labute approximate surface area is 153 Å². The van der Waals surface area contributed by atoms with Crippen molar-refractivity contribution < 1.29 is 19.1 Å². The average Bonchev–Trinajstić information content (AvgIpc) is 2.62. The maximum absolute atomic E-state index is 12.4. The van der Waals surface area contributed by atoms with Gasteiger partial charge in [-0.3, -0.25) is 9.59 Å². The molecule has 2 rings (SSSR count). The Morgan fingerprint density at radius 1 is 0.962 bits per heavy atom. The first-order valence-corrected chi connectivity index (χ1v) is 8.23. The van der Waals surface area contributed by atoms with Gasteiger partial charge in [-0.15, -0.1) is 0 Å². The first-order chi connectivity index (χ1) is 12.3. The largest absolute Gasteiger partial charge is 0.497 e. The van der Waals surface area contributed by atoms with Gasteiger partial charge in [0.25, 0.3) is 5.91 Å². The van der Waals surface area contributed by atoms with Crippen molar-refractivity contribution in [2.24, 2.45) is 0 Å². The molecule has 2 amide bonds. The summed E-state index contributed by atoms with van der Waals surface area (Å²) < 4.78 is 10.3. The molecular weight excluding hydrogens is 332 g/mol. The maximum atomic E-state index is 12.4. The Hall–Kier alpha value is -3.02. The lowest BCUT2D eigenvalue weighted by Crippen LogP contribution is -2.33. The average molecular weight is 356 g/mol. The van der Waals surface area contributed by atoms with Crippen LogP contribution in [-0.4, -0.2) is 32.6 Å². The van der Waals surface area contributed by atoms with Gasteiger partial charge < -0.3 is 20.1 Å². The Balaban J connectivity index is 2.05. The van der Waals surface area contributed by atoms with E-state index in [1.807, 2.05) is 32.9 Å². The molecule has 2 aromatic rings. The van der Waals surface area contributed by atoms with E-state index >= 15 is 0 Å². The number of aryl methyl sites for hydroxylation is 3. The maximum Gasteiger partial charge on any atom is 0.255 e. The summed E-state index contributed by atoms with van der Waals surface area (Å²) >= 11 is 0. The number of ether oxygens (including phenoxy) is 2. The SMILES string of the molecule is COc1ccc(OC)c(C(=O)NCC(=O)Nc2c(C)cc(C)cc2C)c1. The lowest BCUT2D eigenvalue weighted by molar-refractivity contribution is -0.115. The molecule has 0 aromatic heterocycles. The number of benzene rings is 2. The molecule has 6 heteroatoms. The molecule has 0 spiro atoms. The zero-order valence-electron chi connectivity index (χ0n) is 15.7. The van der Waals surface area contributed by atoms with Gasteiger partial charge >= 0.3 is 0 Å². The predicted molar refractivity (Wildman–Crippen MR) is 101 cm³/mol. The van der Waals surface area contributed by atoms with E-state index in [1.54, 1.807) is 18.2 Å². The Morgan fingerprint density at radius 3 is 2.19 bits per heavy atom. The minimum atomic E-state index is -0.409. The molecule has 0 saturated heterocycles. The highest BCUT2D eigenvalue weighted by Gasteiger charge is 2.15. The van der Waals surface area contributed by atoms with Crippen molar-refractivity contribution >= 4 is 17.5 Å². The van der Waals surface area contributed by atoms with Crippen LogP contribution in [0, 0.1) is 20.8 Å². The normalized spacial score (nSPS) is 10.2. The van der Waals surface area contributed by atoms with Gasteiger partial charge in [-0.2, -0.15) is 0 Å². The standard InChI is InChI=1S/C20H24N2O4/c1-12-8-13(2)19(14(3)9-12)22-18(23)11-21-20(24)16-10-15(25-4)6-7-17(16)26-5/h6-10H,11H2,1-5H3,(H,21,24)(H,22,23). The summed E-state index contributed by atoms with van der Waals surface area (Å²) in [4.78, 5) is 24.6. The first-order valence-electron chi connectivity index (χ1n) is 8.23. The molecule has 0 unspecified atom stereocenters. The smallest absolute Gasteiger partial charge is 0.255 e. The quantitative estimate of drug-likeness (QED) is 0.834. The highest BCUT2D eigenvalue weighted by Crippen LogP contribution is 2.24. The fraction of sp³-hybridized carbons (Fsp3) is 0.300. The molecule has 0 bridgehead atoms. The number of anilines is 1. The monoisotopic (exact) mass is 356 g/mol. The number of nitrogens with one attached hydrogen (secondary N) is 2. The minimum Gasteiger partial charge on any atom is -0.497 e. The van der Waals surface area contributed by atoms with Gasteiger partial charge in [0.05, 0.1) is 26.3 Å².